The third-order valence-corrected chi connectivity index (χ3v) is 12.2. The Hall–Kier alpha value is -7.06. The number of hydrogen-bond donors (Lipinski definition) is 3. The van der Waals surface area contributed by atoms with Crippen LogP contribution in [0.1, 0.15) is 78.3 Å². The Labute approximate surface area is 373 Å². The van der Waals surface area contributed by atoms with Gasteiger partial charge in [-0.05, 0) is 90.4 Å². The second-order valence-corrected chi connectivity index (χ2v) is 16.7. The van der Waals surface area contributed by atoms with Gasteiger partial charge in [0.05, 0.1) is 38.2 Å². The number of hydrogen-bond acceptors (Lipinski definition) is 9. The van der Waals surface area contributed by atoms with Crippen LogP contribution in [0.5, 0.6) is 0 Å². The molecule has 3 N–H and O–H groups in total. The molecule has 4 amide bonds. The van der Waals surface area contributed by atoms with Gasteiger partial charge in [-0.2, -0.15) is 0 Å². The van der Waals surface area contributed by atoms with Crippen LogP contribution in [0, 0.1) is 0 Å². The van der Waals surface area contributed by atoms with Crippen LogP contribution < -0.4 is 10.6 Å². The van der Waals surface area contributed by atoms with E-state index in [1.54, 1.807) is 4.90 Å². The fraction of sp³-hybridized carbons (Fsp3) is 0.320. The first-order valence-electron chi connectivity index (χ1n) is 21.7. The molecule has 0 unspecified atom stereocenters. The molecule has 64 heavy (non-hydrogen) atoms. The molecule has 0 bridgehead atoms. The van der Waals surface area contributed by atoms with Gasteiger partial charge >= 0.3 is 12.2 Å². The summed E-state index contributed by atoms with van der Waals surface area (Å²) in [6, 6.07) is 31.2. The monoisotopic (exact) mass is 862 g/mol. The van der Waals surface area contributed by atoms with Crippen LogP contribution >= 0.6 is 0 Å². The highest BCUT2D eigenvalue weighted by molar-refractivity contribution is 6.04. The zero-order valence-electron chi connectivity index (χ0n) is 36.6. The summed E-state index contributed by atoms with van der Waals surface area (Å²) < 4.78 is 9.72. The quantitative estimate of drug-likeness (QED) is 0.108. The van der Waals surface area contributed by atoms with Crippen LogP contribution in [0.3, 0.4) is 0 Å². The van der Waals surface area contributed by atoms with E-state index in [0.717, 1.165) is 71.5 Å². The number of imidazole rings is 1. The standard InChI is InChI=1S/C50H54N8O6/c1-56(2)31-38-27-36(37-28-40(51-29-37)42-17-11-25-57(42)47(59)44(54-49(61)63-3)34-13-7-5-8-14-34)23-24-39(38)32-19-21-33(22-20-32)41-30-52-46(53-41)43-18-12-26-58(43)48(60)45(55-50(62)64-4)35-15-9-6-10-16-35/h5-10,13-16,19-24,27,29-30,42-45H,11-12,17-18,25-26,28,31H2,1-4H3,(H,52,53)(H,54,61)(H,55,62)/t42-,43-,44+,45+/m0/s1. The van der Waals surface area contributed by atoms with E-state index in [4.69, 9.17) is 19.5 Å². The van der Waals surface area contributed by atoms with Crippen LogP contribution in [-0.2, 0) is 25.6 Å². The number of allylic oxidation sites excluding steroid dienone is 1. The number of nitrogens with zero attached hydrogens (tertiary/aromatic N) is 5. The lowest BCUT2D eigenvalue weighted by Crippen LogP contribution is -2.47. The van der Waals surface area contributed by atoms with Crippen LogP contribution in [0.4, 0.5) is 9.59 Å². The Morgan fingerprint density at radius 1 is 0.734 bits per heavy atom. The Morgan fingerprint density at radius 2 is 1.28 bits per heavy atom. The number of rotatable bonds is 13. The first-order valence-corrected chi connectivity index (χ1v) is 21.7. The van der Waals surface area contributed by atoms with Crippen molar-refractivity contribution in [2.24, 2.45) is 4.99 Å². The number of alkyl carbamates (subject to hydrolysis) is 2. The number of benzene rings is 4. The Kier molecular flexibility index (Phi) is 13.3. The Bertz CT molecular complexity index is 2540. The molecule has 5 aromatic rings. The van der Waals surface area contributed by atoms with E-state index in [1.165, 1.54) is 19.8 Å². The molecule has 4 aromatic carbocycles. The lowest BCUT2D eigenvalue weighted by molar-refractivity contribution is -0.135. The summed E-state index contributed by atoms with van der Waals surface area (Å²) in [7, 11) is 6.70. The molecule has 4 atom stereocenters. The number of ether oxygens (including phenoxy) is 2. The SMILES string of the molecule is COC(=O)N[C@@H](C(=O)N1CCC[C@H]1C1=NC=C(c2ccc(-c3ccc(-c4cnc([C@@H]5CCCN5C(=O)[C@H](NC(=O)OC)c5ccccc5)[nH]4)cc3)c(CN(C)C)c2)C1)c1ccccc1. The van der Waals surface area contributed by atoms with Gasteiger partial charge in [0, 0.05) is 38.0 Å². The summed E-state index contributed by atoms with van der Waals surface area (Å²) in [5.41, 5.74) is 9.69. The molecule has 14 nitrogen and oxygen atoms in total. The number of carbonyl (C=O) groups is 4. The second-order valence-electron chi connectivity index (χ2n) is 16.7. The molecule has 0 radical (unpaired) electrons. The van der Waals surface area contributed by atoms with Crippen LogP contribution in [-0.4, -0.2) is 102 Å². The maximum Gasteiger partial charge on any atom is 0.407 e. The molecule has 0 spiro atoms. The molecule has 2 saturated heterocycles. The largest absolute Gasteiger partial charge is 0.453 e. The average Bonchev–Trinajstić information content (AvgIpc) is 4.17. The van der Waals surface area contributed by atoms with Gasteiger partial charge in [-0.3, -0.25) is 14.6 Å². The number of aliphatic imine (C=N–C) groups is 1. The van der Waals surface area contributed by atoms with Gasteiger partial charge in [-0.25, -0.2) is 14.6 Å². The minimum atomic E-state index is -0.888. The number of H-pyrrole nitrogens is 1. The van der Waals surface area contributed by atoms with Gasteiger partial charge in [-0.15, -0.1) is 0 Å². The molecule has 330 valence electrons. The zero-order valence-corrected chi connectivity index (χ0v) is 36.6. The van der Waals surface area contributed by atoms with Crippen molar-refractivity contribution >= 4 is 35.3 Å². The third kappa shape index (κ3) is 9.47. The number of amides is 4. The van der Waals surface area contributed by atoms with Crippen molar-refractivity contribution < 1.29 is 28.7 Å². The molecule has 4 heterocycles. The molecule has 1 aromatic heterocycles. The molecule has 14 heteroatoms. The predicted octanol–water partition coefficient (Wildman–Crippen LogP) is 7.84. The summed E-state index contributed by atoms with van der Waals surface area (Å²) in [6.07, 6.45) is 6.25. The van der Waals surface area contributed by atoms with Gasteiger partial charge < -0.3 is 39.8 Å². The number of aromatic amines is 1. The summed E-state index contributed by atoms with van der Waals surface area (Å²) >= 11 is 0. The van der Waals surface area contributed by atoms with E-state index >= 15 is 0 Å². The normalized spacial score (nSPS) is 18.0. The molecule has 3 aliphatic heterocycles. The van der Waals surface area contributed by atoms with Crippen molar-refractivity contribution in [2.75, 3.05) is 41.4 Å². The number of carbonyl (C=O) groups excluding carboxylic acids is 4. The molecule has 0 aliphatic carbocycles. The lowest BCUT2D eigenvalue weighted by Gasteiger charge is -2.29. The van der Waals surface area contributed by atoms with Crippen LogP contribution in [0.2, 0.25) is 0 Å². The second kappa shape index (κ2) is 19.5. The van der Waals surface area contributed by atoms with Crippen molar-refractivity contribution in [3.63, 3.8) is 0 Å². The zero-order chi connectivity index (χ0) is 44.7. The highest BCUT2D eigenvalue weighted by Gasteiger charge is 2.39. The minimum Gasteiger partial charge on any atom is -0.453 e. The fourth-order valence-corrected chi connectivity index (χ4v) is 9.10. The van der Waals surface area contributed by atoms with Gasteiger partial charge in [0.1, 0.15) is 17.9 Å². The molecule has 2 fully saturated rings. The first-order chi connectivity index (χ1) is 31.1. The van der Waals surface area contributed by atoms with Crippen LogP contribution in [0.15, 0.2) is 121 Å². The van der Waals surface area contributed by atoms with Crippen molar-refractivity contribution in [3.8, 4) is 22.4 Å². The van der Waals surface area contributed by atoms with E-state index in [-0.39, 0.29) is 23.9 Å². The average molecular weight is 863 g/mol. The Morgan fingerprint density at radius 3 is 1.86 bits per heavy atom. The number of likely N-dealkylation sites (tertiary alicyclic amines) is 2. The summed E-state index contributed by atoms with van der Waals surface area (Å²) in [5.74, 6) is 0.309. The van der Waals surface area contributed by atoms with Crippen LogP contribution in [0.25, 0.3) is 28.0 Å². The highest BCUT2D eigenvalue weighted by atomic mass is 16.5. The van der Waals surface area contributed by atoms with Crippen molar-refractivity contribution in [1.29, 1.82) is 0 Å². The molecular weight excluding hydrogens is 809 g/mol. The maximum absolute atomic E-state index is 14.1. The summed E-state index contributed by atoms with van der Waals surface area (Å²) in [4.78, 5) is 71.6. The smallest absolute Gasteiger partial charge is 0.407 e. The van der Waals surface area contributed by atoms with Gasteiger partial charge in [0.15, 0.2) is 0 Å². The summed E-state index contributed by atoms with van der Waals surface area (Å²) in [6.45, 7) is 1.86. The predicted molar refractivity (Wildman–Crippen MR) is 245 cm³/mol. The molecular formula is C50H54N8O6. The maximum atomic E-state index is 14.1. The minimum absolute atomic E-state index is 0.168. The molecule has 0 saturated carbocycles. The van der Waals surface area contributed by atoms with Crippen molar-refractivity contribution in [1.82, 2.24) is 35.3 Å². The topological polar surface area (TPSA) is 162 Å². The van der Waals surface area contributed by atoms with E-state index in [0.29, 0.717) is 36.5 Å². The summed E-state index contributed by atoms with van der Waals surface area (Å²) in [5, 5.41) is 5.47. The van der Waals surface area contributed by atoms with E-state index in [1.807, 2.05) is 78.0 Å². The molecule has 8 rings (SSSR count). The number of methoxy groups -OCH3 is 2. The van der Waals surface area contributed by atoms with Gasteiger partial charge in [-0.1, -0.05) is 97.1 Å². The van der Waals surface area contributed by atoms with E-state index in [2.05, 4.69) is 77.1 Å². The lowest BCUT2D eigenvalue weighted by atomic mass is 9.92. The van der Waals surface area contributed by atoms with Crippen molar-refractivity contribution in [3.05, 3.63) is 144 Å². The van der Waals surface area contributed by atoms with E-state index in [9.17, 15) is 19.2 Å². The fourth-order valence-electron chi connectivity index (χ4n) is 9.10. The van der Waals surface area contributed by atoms with Gasteiger partial charge in [0.2, 0.25) is 5.91 Å². The number of aromatic nitrogens is 2. The Balaban J connectivity index is 0.958. The van der Waals surface area contributed by atoms with Gasteiger partial charge in [0.25, 0.3) is 5.91 Å². The number of nitrogens with one attached hydrogen (secondary N) is 3. The van der Waals surface area contributed by atoms with E-state index < -0.39 is 24.3 Å². The molecule has 3 aliphatic rings. The third-order valence-electron chi connectivity index (χ3n) is 12.2. The first kappa shape index (κ1) is 43.6. The highest BCUT2D eigenvalue weighted by Crippen LogP contribution is 2.37. The van der Waals surface area contributed by atoms with Crippen molar-refractivity contribution in [2.45, 2.75) is 62.8 Å².